The largest absolute Gasteiger partial charge is 0.206 e. The number of allylic oxidation sites excluding steroid dienone is 1. The van der Waals surface area contributed by atoms with Gasteiger partial charge in [-0.3, -0.25) is 0 Å². The molecule has 4 rings (SSSR count). The molecule has 0 heterocycles. The Kier molecular flexibility index (Phi) is 7.57. The first kappa shape index (κ1) is 23.7. The van der Waals surface area contributed by atoms with Crippen LogP contribution in [0.25, 0.3) is 11.1 Å². The van der Waals surface area contributed by atoms with Crippen molar-refractivity contribution in [2.45, 2.75) is 19.8 Å². The summed E-state index contributed by atoms with van der Waals surface area (Å²) >= 11 is 0. The van der Waals surface area contributed by atoms with Crippen molar-refractivity contribution in [2.24, 2.45) is 0 Å². The Labute approximate surface area is 206 Å². The highest BCUT2D eigenvalue weighted by molar-refractivity contribution is 5.65. The van der Waals surface area contributed by atoms with Crippen LogP contribution in [-0.4, -0.2) is 0 Å². The Bertz CT molecular complexity index is 1430. The summed E-state index contributed by atoms with van der Waals surface area (Å²) in [6.45, 7) is 5.69. The van der Waals surface area contributed by atoms with Crippen LogP contribution in [0.3, 0.4) is 0 Å². The maximum absolute atomic E-state index is 14.3. The van der Waals surface area contributed by atoms with E-state index in [4.69, 9.17) is 0 Å². The summed E-state index contributed by atoms with van der Waals surface area (Å²) < 4.78 is 28.7. The Hall–Kier alpha value is -4.40. The van der Waals surface area contributed by atoms with Crippen molar-refractivity contribution in [1.82, 2.24) is 0 Å². The number of aryl methyl sites for hydroxylation is 2. The fourth-order valence-electron chi connectivity index (χ4n) is 3.57. The van der Waals surface area contributed by atoms with Gasteiger partial charge in [-0.25, -0.2) is 8.78 Å². The molecule has 0 saturated carbocycles. The zero-order chi connectivity index (χ0) is 24.6. The van der Waals surface area contributed by atoms with E-state index in [1.54, 1.807) is 6.08 Å². The second-order valence-corrected chi connectivity index (χ2v) is 8.28. The van der Waals surface area contributed by atoms with Crippen LogP contribution in [-0.2, 0) is 6.42 Å². The minimum absolute atomic E-state index is 0.209. The molecule has 0 nitrogen and oxygen atoms in total. The van der Waals surface area contributed by atoms with Gasteiger partial charge in [-0.05, 0) is 85.0 Å². The number of benzene rings is 4. The standard InChI is InChI=1S/C33H24F2/c1-3-4-5-28-22-32(34)31(33(35)23-28)21-16-27-14-19-30(20-15-27)29-17-12-26(13-18-29)11-10-25-8-6-24(2)7-9-25/h3,6-9,12-15,17-20,22-23H,1,4-5H2,2H3. The van der Waals surface area contributed by atoms with Gasteiger partial charge in [-0.15, -0.1) is 6.58 Å². The van der Waals surface area contributed by atoms with Gasteiger partial charge in [-0.1, -0.05) is 71.7 Å². The lowest BCUT2D eigenvalue weighted by Gasteiger charge is -2.03. The van der Waals surface area contributed by atoms with Crippen molar-refractivity contribution in [3.05, 3.63) is 143 Å². The third kappa shape index (κ3) is 6.35. The molecule has 0 bridgehead atoms. The van der Waals surface area contributed by atoms with E-state index in [1.165, 1.54) is 17.7 Å². The van der Waals surface area contributed by atoms with Gasteiger partial charge < -0.3 is 0 Å². The highest BCUT2D eigenvalue weighted by atomic mass is 19.1. The van der Waals surface area contributed by atoms with Gasteiger partial charge in [0.25, 0.3) is 0 Å². The van der Waals surface area contributed by atoms with Crippen molar-refractivity contribution < 1.29 is 8.78 Å². The van der Waals surface area contributed by atoms with Crippen LogP contribution in [0.4, 0.5) is 8.78 Å². The maximum atomic E-state index is 14.3. The zero-order valence-electron chi connectivity index (χ0n) is 19.5. The fourth-order valence-corrected chi connectivity index (χ4v) is 3.57. The molecule has 0 atom stereocenters. The molecular formula is C33H24F2. The molecule has 0 fully saturated rings. The van der Waals surface area contributed by atoms with E-state index < -0.39 is 11.6 Å². The average molecular weight is 459 g/mol. The topological polar surface area (TPSA) is 0 Å². The molecule has 4 aromatic carbocycles. The summed E-state index contributed by atoms with van der Waals surface area (Å²) in [4.78, 5) is 0. The van der Waals surface area contributed by atoms with Gasteiger partial charge in [0.15, 0.2) is 0 Å². The SMILES string of the molecule is C=CCCc1cc(F)c(C#Cc2ccc(-c3ccc(C#Cc4ccc(C)cc4)cc3)cc2)c(F)c1. The molecule has 0 saturated heterocycles. The van der Waals surface area contributed by atoms with E-state index in [9.17, 15) is 8.78 Å². The predicted octanol–water partition coefficient (Wildman–Crippen LogP) is 7.86. The third-order valence-corrected chi connectivity index (χ3v) is 5.58. The summed E-state index contributed by atoms with van der Waals surface area (Å²) in [6, 6.07) is 26.5. The van der Waals surface area contributed by atoms with Crippen LogP contribution >= 0.6 is 0 Å². The second kappa shape index (κ2) is 11.1. The second-order valence-electron chi connectivity index (χ2n) is 8.28. The summed E-state index contributed by atoms with van der Waals surface area (Å²) in [5, 5.41) is 0. The fraction of sp³-hybridized carbons (Fsp3) is 0.0909. The lowest BCUT2D eigenvalue weighted by Crippen LogP contribution is -1.95. The van der Waals surface area contributed by atoms with Crippen molar-refractivity contribution in [3.63, 3.8) is 0 Å². The summed E-state index contributed by atoms with van der Waals surface area (Å²) in [6.07, 6.45) is 2.94. The van der Waals surface area contributed by atoms with Gasteiger partial charge in [-0.2, -0.15) is 0 Å². The molecule has 4 aromatic rings. The molecular weight excluding hydrogens is 434 g/mol. The Morgan fingerprint density at radius 1 is 0.657 bits per heavy atom. The maximum Gasteiger partial charge on any atom is 0.142 e. The van der Waals surface area contributed by atoms with E-state index in [0.717, 1.165) is 22.3 Å². The molecule has 0 amide bonds. The molecule has 0 aliphatic heterocycles. The van der Waals surface area contributed by atoms with Gasteiger partial charge in [0.1, 0.15) is 11.6 Å². The van der Waals surface area contributed by atoms with Gasteiger partial charge in [0.05, 0.1) is 5.56 Å². The van der Waals surface area contributed by atoms with E-state index in [2.05, 4.69) is 49.3 Å². The van der Waals surface area contributed by atoms with Gasteiger partial charge in [0, 0.05) is 16.7 Å². The van der Waals surface area contributed by atoms with E-state index in [-0.39, 0.29) is 5.56 Å². The highest BCUT2D eigenvalue weighted by Crippen LogP contribution is 2.21. The smallest absolute Gasteiger partial charge is 0.142 e. The van der Waals surface area contributed by atoms with Crippen molar-refractivity contribution in [1.29, 1.82) is 0 Å². The number of hydrogen-bond acceptors (Lipinski definition) is 0. The van der Waals surface area contributed by atoms with Gasteiger partial charge in [0.2, 0.25) is 0 Å². The Morgan fingerprint density at radius 2 is 1.09 bits per heavy atom. The monoisotopic (exact) mass is 458 g/mol. The van der Waals surface area contributed by atoms with E-state index >= 15 is 0 Å². The van der Waals surface area contributed by atoms with Crippen molar-refractivity contribution in [2.75, 3.05) is 0 Å². The highest BCUT2D eigenvalue weighted by Gasteiger charge is 2.09. The summed E-state index contributed by atoms with van der Waals surface area (Å²) in [7, 11) is 0. The van der Waals surface area contributed by atoms with E-state index in [0.29, 0.717) is 24.0 Å². The quantitative estimate of drug-likeness (QED) is 0.216. The summed E-state index contributed by atoms with van der Waals surface area (Å²) in [5.41, 5.74) is 6.29. The van der Waals surface area contributed by atoms with Crippen molar-refractivity contribution in [3.8, 4) is 34.8 Å². The lowest BCUT2D eigenvalue weighted by atomic mass is 10.0. The molecule has 0 unspecified atom stereocenters. The minimum Gasteiger partial charge on any atom is -0.206 e. The number of halogens is 2. The molecule has 0 spiro atoms. The first-order chi connectivity index (χ1) is 17.0. The normalized spacial score (nSPS) is 10.0. The Morgan fingerprint density at radius 3 is 1.54 bits per heavy atom. The van der Waals surface area contributed by atoms with Crippen LogP contribution in [0.5, 0.6) is 0 Å². The van der Waals surface area contributed by atoms with Crippen LogP contribution in [0.1, 0.15) is 39.8 Å². The molecule has 170 valence electrons. The molecule has 0 aliphatic carbocycles. The van der Waals surface area contributed by atoms with Crippen LogP contribution in [0.15, 0.2) is 97.6 Å². The molecule has 0 aliphatic rings. The minimum atomic E-state index is -0.640. The zero-order valence-corrected chi connectivity index (χ0v) is 19.5. The van der Waals surface area contributed by atoms with Crippen LogP contribution in [0, 0.1) is 42.2 Å². The number of hydrogen-bond donors (Lipinski definition) is 0. The Balaban J connectivity index is 1.46. The van der Waals surface area contributed by atoms with Crippen molar-refractivity contribution >= 4 is 0 Å². The molecule has 0 aromatic heterocycles. The molecule has 0 N–H and O–H groups in total. The predicted molar refractivity (Wildman–Crippen MR) is 140 cm³/mol. The number of rotatable bonds is 4. The average Bonchev–Trinajstić information content (AvgIpc) is 2.87. The molecule has 2 heteroatoms. The third-order valence-electron chi connectivity index (χ3n) is 5.58. The molecule has 0 radical (unpaired) electrons. The summed E-state index contributed by atoms with van der Waals surface area (Å²) in [5.74, 6) is 10.6. The lowest BCUT2D eigenvalue weighted by molar-refractivity contribution is 0.574. The molecule has 35 heavy (non-hydrogen) atoms. The van der Waals surface area contributed by atoms with Crippen LogP contribution < -0.4 is 0 Å². The van der Waals surface area contributed by atoms with Gasteiger partial charge >= 0.3 is 0 Å². The first-order valence-electron chi connectivity index (χ1n) is 11.4. The first-order valence-corrected chi connectivity index (χ1v) is 11.4. The van der Waals surface area contributed by atoms with Crippen LogP contribution in [0.2, 0.25) is 0 Å². The van der Waals surface area contributed by atoms with E-state index in [1.807, 2.05) is 60.7 Å².